The molecular formula is C12H16ClIN2O2. The van der Waals surface area contributed by atoms with Crippen LogP contribution in [-0.4, -0.2) is 32.2 Å². The Balaban J connectivity index is 2.45. The zero-order valence-corrected chi connectivity index (χ0v) is 13.2. The second kappa shape index (κ2) is 7.81. The van der Waals surface area contributed by atoms with Gasteiger partial charge >= 0.3 is 0 Å². The number of benzene rings is 1. The minimum absolute atomic E-state index is 0.00400. The minimum atomic E-state index is -0.0884. The van der Waals surface area contributed by atoms with Crippen molar-refractivity contribution in [1.29, 1.82) is 0 Å². The first kappa shape index (κ1) is 15.5. The highest BCUT2D eigenvalue weighted by Gasteiger charge is 2.07. The first-order chi connectivity index (χ1) is 8.52. The van der Waals surface area contributed by atoms with Crippen LogP contribution in [0.4, 0.5) is 5.69 Å². The van der Waals surface area contributed by atoms with Gasteiger partial charge in [0.2, 0.25) is 5.91 Å². The highest BCUT2D eigenvalue weighted by atomic mass is 127. The van der Waals surface area contributed by atoms with Gasteiger partial charge in [-0.2, -0.15) is 0 Å². The molecule has 6 heteroatoms. The fourth-order valence-corrected chi connectivity index (χ4v) is 2.10. The molecule has 1 rings (SSSR count). The van der Waals surface area contributed by atoms with Gasteiger partial charge in [0.05, 0.1) is 23.9 Å². The van der Waals surface area contributed by atoms with Crippen LogP contribution in [0.5, 0.6) is 0 Å². The Hall–Kier alpha value is -0.530. The molecule has 0 bridgehead atoms. The summed E-state index contributed by atoms with van der Waals surface area (Å²) in [6.45, 7) is 2.57. The fraction of sp³-hybridized carbons (Fsp3) is 0.417. The number of ether oxygens (including phenoxy) is 1. The summed E-state index contributed by atoms with van der Waals surface area (Å²) < 4.78 is 6.01. The molecule has 0 aromatic heterocycles. The van der Waals surface area contributed by atoms with Crippen molar-refractivity contribution < 1.29 is 9.53 Å². The Labute approximate surface area is 126 Å². The fourth-order valence-electron chi connectivity index (χ4n) is 1.43. The maximum Gasteiger partial charge on any atom is 0.239 e. The molecule has 1 aromatic rings. The molecule has 0 radical (unpaired) electrons. The zero-order chi connectivity index (χ0) is 13.5. The molecule has 100 valence electrons. The van der Waals surface area contributed by atoms with Gasteiger partial charge in [-0.3, -0.25) is 4.79 Å². The molecule has 18 heavy (non-hydrogen) atoms. The topological polar surface area (TPSA) is 50.4 Å². The number of carbonyl (C=O) groups is 1. The Bertz CT molecular complexity index is 415. The van der Waals surface area contributed by atoms with Crippen molar-refractivity contribution in [2.75, 3.05) is 25.6 Å². The lowest BCUT2D eigenvalue weighted by molar-refractivity contribution is -0.120. The second-order valence-corrected chi connectivity index (χ2v) is 5.55. The van der Waals surface area contributed by atoms with Crippen LogP contribution in [-0.2, 0) is 9.53 Å². The Morgan fingerprint density at radius 2 is 2.28 bits per heavy atom. The number of carbonyl (C=O) groups excluding carboxylic acids is 1. The molecule has 4 nitrogen and oxygen atoms in total. The first-order valence-electron chi connectivity index (χ1n) is 5.50. The summed E-state index contributed by atoms with van der Waals surface area (Å²) in [7, 11) is 1.60. The molecule has 1 unspecified atom stereocenters. The summed E-state index contributed by atoms with van der Waals surface area (Å²) in [5.41, 5.74) is 0.762. The Morgan fingerprint density at radius 1 is 1.56 bits per heavy atom. The number of methoxy groups -OCH3 is 1. The van der Waals surface area contributed by atoms with E-state index in [4.69, 9.17) is 16.3 Å². The summed E-state index contributed by atoms with van der Waals surface area (Å²) in [5, 5.41) is 6.43. The molecule has 1 aromatic carbocycles. The van der Waals surface area contributed by atoms with Crippen molar-refractivity contribution in [2.24, 2.45) is 0 Å². The van der Waals surface area contributed by atoms with Crippen LogP contribution in [0.15, 0.2) is 18.2 Å². The third-order valence-corrected chi connectivity index (χ3v) is 3.19. The monoisotopic (exact) mass is 382 g/mol. The number of hydrogen-bond acceptors (Lipinski definition) is 3. The molecule has 2 N–H and O–H groups in total. The van der Waals surface area contributed by atoms with Gasteiger partial charge in [0.1, 0.15) is 0 Å². The SMILES string of the molecule is COCC(C)NC(=O)CNc1cc(I)ccc1Cl. The maximum absolute atomic E-state index is 11.6. The average Bonchev–Trinajstić information content (AvgIpc) is 2.30. The number of nitrogens with one attached hydrogen (secondary N) is 2. The van der Waals surface area contributed by atoms with Crippen molar-refractivity contribution in [1.82, 2.24) is 5.32 Å². The van der Waals surface area contributed by atoms with E-state index < -0.39 is 0 Å². The van der Waals surface area contributed by atoms with Gasteiger partial charge in [0.15, 0.2) is 0 Å². The average molecular weight is 383 g/mol. The van der Waals surface area contributed by atoms with E-state index in [1.807, 2.05) is 19.1 Å². The van der Waals surface area contributed by atoms with Gasteiger partial charge < -0.3 is 15.4 Å². The third-order valence-electron chi connectivity index (χ3n) is 2.19. The number of amides is 1. The van der Waals surface area contributed by atoms with Gasteiger partial charge in [0, 0.05) is 16.7 Å². The van der Waals surface area contributed by atoms with Crippen LogP contribution in [0, 0.1) is 3.57 Å². The van der Waals surface area contributed by atoms with Crippen LogP contribution in [0.1, 0.15) is 6.92 Å². The van der Waals surface area contributed by atoms with Crippen molar-refractivity contribution in [3.05, 3.63) is 26.8 Å². The van der Waals surface area contributed by atoms with E-state index in [1.54, 1.807) is 13.2 Å². The quantitative estimate of drug-likeness (QED) is 0.743. The molecule has 1 atom stereocenters. The van der Waals surface area contributed by atoms with E-state index in [2.05, 4.69) is 33.2 Å². The summed E-state index contributed by atoms with van der Waals surface area (Å²) in [6.07, 6.45) is 0. The van der Waals surface area contributed by atoms with E-state index in [9.17, 15) is 4.79 Å². The molecule has 0 fully saturated rings. The van der Waals surface area contributed by atoms with E-state index in [1.165, 1.54) is 0 Å². The number of halogens is 2. The lowest BCUT2D eigenvalue weighted by Crippen LogP contribution is -2.39. The van der Waals surface area contributed by atoms with Crippen molar-refractivity contribution >= 4 is 45.8 Å². The van der Waals surface area contributed by atoms with Gasteiger partial charge in [-0.05, 0) is 47.7 Å². The smallest absolute Gasteiger partial charge is 0.239 e. The van der Waals surface area contributed by atoms with Crippen LogP contribution >= 0.6 is 34.2 Å². The van der Waals surface area contributed by atoms with E-state index >= 15 is 0 Å². The van der Waals surface area contributed by atoms with E-state index in [-0.39, 0.29) is 18.5 Å². The van der Waals surface area contributed by atoms with Crippen LogP contribution in [0.25, 0.3) is 0 Å². The standard InChI is InChI=1S/C12H16ClIN2O2/c1-8(7-18-2)16-12(17)6-15-11-5-9(14)3-4-10(11)13/h3-5,8,15H,6-7H2,1-2H3,(H,16,17). The Kier molecular flexibility index (Phi) is 6.73. The first-order valence-corrected chi connectivity index (χ1v) is 6.96. The lowest BCUT2D eigenvalue weighted by Gasteiger charge is -2.14. The summed E-state index contributed by atoms with van der Waals surface area (Å²) in [4.78, 5) is 11.6. The molecule has 0 saturated heterocycles. The molecule has 0 aliphatic heterocycles. The van der Waals surface area contributed by atoms with Gasteiger partial charge in [-0.25, -0.2) is 0 Å². The van der Waals surface area contributed by atoms with Gasteiger partial charge in [0.25, 0.3) is 0 Å². The second-order valence-electron chi connectivity index (χ2n) is 3.90. The third kappa shape index (κ3) is 5.41. The summed E-state index contributed by atoms with van der Waals surface area (Å²) in [6, 6.07) is 5.61. The van der Waals surface area contributed by atoms with Crippen molar-refractivity contribution in [3.63, 3.8) is 0 Å². The number of anilines is 1. The largest absolute Gasteiger partial charge is 0.383 e. The highest BCUT2D eigenvalue weighted by Crippen LogP contribution is 2.23. The van der Waals surface area contributed by atoms with Gasteiger partial charge in [-0.15, -0.1) is 0 Å². The van der Waals surface area contributed by atoms with Gasteiger partial charge in [-0.1, -0.05) is 11.6 Å². The molecule has 0 aliphatic carbocycles. The number of rotatable bonds is 6. The predicted molar refractivity (Wildman–Crippen MR) is 82.1 cm³/mol. The number of hydrogen-bond donors (Lipinski definition) is 2. The summed E-state index contributed by atoms with van der Waals surface area (Å²) in [5.74, 6) is -0.0884. The van der Waals surface area contributed by atoms with Crippen molar-refractivity contribution in [3.8, 4) is 0 Å². The molecule has 0 heterocycles. The molecular weight excluding hydrogens is 367 g/mol. The van der Waals surface area contributed by atoms with Crippen LogP contribution in [0.2, 0.25) is 5.02 Å². The summed E-state index contributed by atoms with van der Waals surface area (Å²) >= 11 is 8.21. The lowest BCUT2D eigenvalue weighted by atomic mass is 10.3. The van der Waals surface area contributed by atoms with Crippen molar-refractivity contribution in [2.45, 2.75) is 13.0 Å². The van der Waals surface area contributed by atoms with E-state index in [0.717, 1.165) is 9.26 Å². The minimum Gasteiger partial charge on any atom is -0.383 e. The highest BCUT2D eigenvalue weighted by molar-refractivity contribution is 14.1. The Morgan fingerprint density at radius 3 is 2.94 bits per heavy atom. The van der Waals surface area contributed by atoms with Crippen LogP contribution in [0.3, 0.4) is 0 Å². The predicted octanol–water partition coefficient (Wildman–Crippen LogP) is 2.51. The van der Waals surface area contributed by atoms with Crippen LogP contribution < -0.4 is 10.6 Å². The van der Waals surface area contributed by atoms with E-state index in [0.29, 0.717) is 11.6 Å². The molecule has 0 spiro atoms. The maximum atomic E-state index is 11.6. The molecule has 0 aliphatic rings. The zero-order valence-electron chi connectivity index (χ0n) is 10.3. The molecule has 0 saturated carbocycles. The normalized spacial score (nSPS) is 12.0. The molecule has 1 amide bonds.